The Kier molecular flexibility index (Phi) is 3.43. The van der Waals surface area contributed by atoms with Gasteiger partial charge in [-0.05, 0) is 85.2 Å². The minimum atomic E-state index is -0.188. The maximum atomic E-state index is 11.8. The molecule has 0 heterocycles. The molecule has 1 N–H and O–H groups in total. The fraction of sp³-hybridized carbons (Fsp3) is 0.762. The molecule has 0 aromatic heterocycles. The molecule has 2 saturated carbocycles. The predicted octanol–water partition coefficient (Wildman–Crippen LogP) is 4.29. The van der Waals surface area contributed by atoms with E-state index in [0.717, 1.165) is 12.8 Å². The molecule has 5 unspecified atom stereocenters. The SMILES string of the molecule is CC(O)C1CCC2C3C=CC4=CC(=O)CC[C@@]4(C)C3CC[C@]12C. The van der Waals surface area contributed by atoms with E-state index in [2.05, 4.69) is 26.0 Å². The average molecular weight is 314 g/mol. The van der Waals surface area contributed by atoms with Crippen LogP contribution in [0.1, 0.15) is 59.3 Å². The molecule has 0 aromatic rings. The number of hydrogen-bond donors (Lipinski definition) is 1. The number of carbonyl (C=O) groups is 1. The summed E-state index contributed by atoms with van der Waals surface area (Å²) in [7, 11) is 0. The van der Waals surface area contributed by atoms with Crippen LogP contribution in [0.25, 0.3) is 0 Å². The van der Waals surface area contributed by atoms with Crippen molar-refractivity contribution < 1.29 is 9.90 Å². The molecule has 0 spiro atoms. The molecule has 126 valence electrons. The topological polar surface area (TPSA) is 37.3 Å². The first-order valence-electron chi connectivity index (χ1n) is 9.47. The fourth-order valence-corrected chi connectivity index (χ4v) is 6.83. The summed E-state index contributed by atoms with van der Waals surface area (Å²) in [6.07, 6.45) is 13.1. The second kappa shape index (κ2) is 5.05. The lowest BCUT2D eigenvalue weighted by Crippen LogP contribution is -2.49. The molecular formula is C21H30O2. The van der Waals surface area contributed by atoms with Gasteiger partial charge in [-0.15, -0.1) is 0 Å². The molecule has 4 rings (SSSR count). The van der Waals surface area contributed by atoms with Gasteiger partial charge in [0.15, 0.2) is 5.78 Å². The quantitative estimate of drug-likeness (QED) is 0.784. The van der Waals surface area contributed by atoms with Gasteiger partial charge in [-0.2, -0.15) is 0 Å². The summed E-state index contributed by atoms with van der Waals surface area (Å²) in [5.74, 6) is 2.77. The summed E-state index contributed by atoms with van der Waals surface area (Å²) >= 11 is 0. The summed E-state index contributed by atoms with van der Waals surface area (Å²) in [6.45, 7) is 6.82. The van der Waals surface area contributed by atoms with Crippen molar-refractivity contribution in [2.24, 2.45) is 34.5 Å². The number of ketones is 1. The zero-order chi connectivity index (χ0) is 16.4. The monoisotopic (exact) mass is 314 g/mol. The van der Waals surface area contributed by atoms with E-state index in [0.29, 0.717) is 34.9 Å². The first-order chi connectivity index (χ1) is 10.9. The molecular weight excluding hydrogens is 284 g/mol. The van der Waals surface area contributed by atoms with E-state index in [1.54, 1.807) is 0 Å². The van der Waals surface area contributed by atoms with Crippen LogP contribution in [-0.4, -0.2) is 17.0 Å². The van der Waals surface area contributed by atoms with Gasteiger partial charge in [-0.1, -0.05) is 26.0 Å². The Morgan fingerprint density at radius 2 is 1.96 bits per heavy atom. The van der Waals surface area contributed by atoms with Gasteiger partial charge in [0.25, 0.3) is 0 Å². The number of allylic oxidation sites excluding steroid dienone is 4. The number of hydrogen-bond acceptors (Lipinski definition) is 2. The van der Waals surface area contributed by atoms with Gasteiger partial charge < -0.3 is 5.11 Å². The zero-order valence-electron chi connectivity index (χ0n) is 14.7. The van der Waals surface area contributed by atoms with E-state index < -0.39 is 0 Å². The van der Waals surface area contributed by atoms with Crippen LogP contribution in [0.4, 0.5) is 0 Å². The van der Waals surface area contributed by atoms with Crippen molar-refractivity contribution >= 4 is 5.78 Å². The van der Waals surface area contributed by atoms with Gasteiger partial charge in [0.05, 0.1) is 6.10 Å². The highest BCUT2D eigenvalue weighted by molar-refractivity contribution is 5.92. The number of carbonyl (C=O) groups excluding carboxylic acids is 1. The van der Waals surface area contributed by atoms with Crippen molar-refractivity contribution in [3.8, 4) is 0 Å². The van der Waals surface area contributed by atoms with Crippen LogP contribution in [0.2, 0.25) is 0 Å². The maximum absolute atomic E-state index is 11.8. The van der Waals surface area contributed by atoms with E-state index in [1.807, 2.05) is 13.0 Å². The Labute approximate surface area is 140 Å². The Bertz CT molecular complexity index is 587. The third kappa shape index (κ3) is 2.06. The van der Waals surface area contributed by atoms with Crippen LogP contribution in [0.5, 0.6) is 0 Å². The van der Waals surface area contributed by atoms with Gasteiger partial charge in [0, 0.05) is 6.42 Å². The summed E-state index contributed by atoms with van der Waals surface area (Å²) in [5.41, 5.74) is 1.77. The van der Waals surface area contributed by atoms with Crippen molar-refractivity contribution in [3.05, 3.63) is 23.8 Å². The van der Waals surface area contributed by atoms with Crippen LogP contribution in [-0.2, 0) is 4.79 Å². The Balaban J connectivity index is 1.71. The molecule has 0 aromatic carbocycles. The molecule has 0 bridgehead atoms. The lowest BCUT2D eigenvalue weighted by molar-refractivity contribution is -0.116. The minimum Gasteiger partial charge on any atom is -0.393 e. The second-order valence-corrected chi connectivity index (χ2v) is 9.10. The van der Waals surface area contributed by atoms with E-state index in [9.17, 15) is 9.90 Å². The third-order valence-electron chi connectivity index (χ3n) is 8.17. The van der Waals surface area contributed by atoms with Crippen molar-refractivity contribution in [3.63, 3.8) is 0 Å². The Morgan fingerprint density at radius 3 is 2.70 bits per heavy atom. The number of aliphatic hydroxyl groups is 1. The number of fused-ring (bicyclic) bond motifs is 5. The smallest absolute Gasteiger partial charge is 0.156 e. The lowest BCUT2D eigenvalue weighted by Gasteiger charge is -2.56. The van der Waals surface area contributed by atoms with Crippen LogP contribution in [0, 0.1) is 34.5 Å². The molecule has 7 atom stereocenters. The van der Waals surface area contributed by atoms with Crippen molar-refractivity contribution in [1.82, 2.24) is 0 Å². The molecule has 0 amide bonds. The molecule has 2 nitrogen and oxygen atoms in total. The van der Waals surface area contributed by atoms with Gasteiger partial charge in [0.2, 0.25) is 0 Å². The van der Waals surface area contributed by atoms with Crippen LogP contribution in [0.15, 0.2) is 23.8 Å². The summed E-state index contributed by atoms with van der Waals surface area (Å²) in [6, 6.07) is 0. The molecule has 4 aliphatic rings. The largest absolute Gasteiger partial charge is 0.393 e. The minimum absolute atomic E-state index is 0.188. The first kappa shape index (κ1) is 15.6. The molecule has 23 heavy (non-hydrogen) atoms. The highest BCUT2D eigenvalue weighted by Gasteiger charge is 2.58. The third-order valence-corrected chi connectivity index (χ3v) is 8.17. The predicted molar refractivity (Wildman–Crippen MR) is 91.8 cm³/mol. The summed E-state index contributed by atoms with van der Waals surface area (Å²) < 4.78 is 0. The summed E-state index contributed by atoms with van der Waals surface area (Å²) in [5, 5.41) is 10.3. The van der Waals surface area contributed by atoms with E-state index >= 15 is 0 Å². The molecule has 0 saturated heterocycles. The van der Waals surface area contributed by atoms with Crippen molar-refractivity contribution in [2.75, 3.05) is 0 Å². The van der Waals surface area contributed by atoms with Crippen LogP contribution in [0.3, 0.4) is 0 Å². The Hall–Kier alpha value is -0.890. The second-order valence-electron chi connectivity index (χ2n) is 9.10. The van der Waals surface area contributed by atoms with Gasteiger partial charge in [-0.3, -0.25) is 4.79 Å². The average Bonchev–Trinajstić information content (AvgIpc) is 2.85. The lowest BCUT2D eigenvalue weighted by atomic mass is 9.48. The van der Waals surface area contributed by atoms with Gasteiger partial charge in [0.1, 0.15) is 0 Å². The molecule has 0 radical (unpaired) electrons. The van der Waals surface area contributed by atoms with Gasteiger partial charge in [-0.25, -0.2) is 0 Å². The summed E-state index contributed by atoms with van der Waals surface area (Å²) in [4.78, 5) is 11.8. The standard InChI is InChI=1S/C21H30O2/c1-13(22)17-6-7-18-16-5-4-14-12-15(23)8-10-20(14,2)19(16)9-11-21(17,18)3/h4-5,12-13,16-19,22H,6-11H2,1-3H3/t13?,16?,17?,18?,19?,20-,21-/m1/s1. The number of aliphatic hydroxyl groups excluding tert-OH is 1. The Morgan fingerprint density at radius 1 is 1.17 bits per heavy atom. The molecule has 4 aliphatic carbocycles. The highest BCUT2D eigenvalue weighted by Crippen LogP contribution is 2.65. The van der Waals surface area contributed by atoms with Crippen LogP contribution < -0.4 is 0 Å². The van der Waals surface area contributed by atoms with Crippen LogP contribution >= 0.6 is 0 Å². The van der Waals surface area contributed by atoms with Gasteiger partial charge >= 0.3 is 0 Å². The zero-order valence-corrected chi connectivity index (χ0v) is 14.7. The van der Waals surface area contributed by atoms with Crippen molar-refractivity contribution in [2.45, 2.75) is 65.4 Å². The van der Waals surface area contributed by atoms with E-state index in [1.165, 1.54) is 31.3 Å². The van der Waals surface area contributed by atoms with E-state index in [4.69, 9.17) is 0 Å². The molecule has 0 aliphatic heterocycles. The maximum Gasteiger partial charge on any atom is 0.156 e. The van der Waals surface area contributed by atoms with Crippen molar-refractivity contribution in [1.29, 1.82) is 0 Å². The first-order valence-corrected chi connectivity index (χ1v) is 9.47. The number of rotatable bonds is 1. The highest BCUT2D eigenvalue weighted by atomic mass is 16.3. The fourth-order valence-electron chi connectivity index (χ4n) is 6.83. The molecule has 2 fully saturated rings. The van der Waals surface area contributed by atoms with E-state index in [-0.39, 0.29) is 11.5 Å². The normalized spacial score (nSPS) is 49.9. The molecule has 2 heteroatoms.